The number of anilines is 1. The first-order valence-electron chi connectivity index (χ1n) is 7.64. The molecule has 0 aliphatic heterocycles. The van der Waals surface area contributed by atoms with Crippen LogP contribution in [-0.2, 0) is 11.2 Å². The van der Waals surface area contributed by atoms with Crippen molar-refractivity contribution in [1.29, 1.82) is 5.26 Å². The average molecular weight is 371 g/mol. The fourth-order valence-corrected chi connectivity index (χ4v) is 2.27. The lowest BCUT2D eigenvalue weighted by atomic mass is 10.1. The molecule has 0 atom stereocenters. The van der Waals surface area contributed by atoms with Crippen LogP contribution in [0.2, 0.25) is 5.02 Å². The number of hydrogen-bond donors (Lipinski definition) is 2. The van der Waals surface area contributed by atoms with Crippen molar-refractivity contribution in [3.05, 3.63) is 81.0 Å². The molecule has 2 aromatic rings. The summed E-state index contributed by atoms with van der Waals surface area (Å²) in [6, 6.07) is 15.2. The second-order valence-electron chi connectivity index (χ2n) is 5.23. The Balaban J connectivity index is 1.99. The molecule has 26 heavy (non-hydrogen) atoms. The number of halogens is 1. The first-order valence-corrected chi connectivity index (χ1v) is 8.02. The summed E-state index contributed by atoms with van der Waals surface area (Å²) in [7, 11) is 0. The Morgan fingerprint density at radius 3 is 2.65 bits per heavy atom. The van der Waals surface area contributed by atoms with Gasteiger partial charge in [0.15, 0.2) is 0 Å². The minimum atomic E-state index is -0.563. The van der Waals surface area contributed by atoms with E-state index in [9.17, 15) is 14.9 Å². The number of nitro groups is 1. The predicted octanol–water partition coefficient (Wildman–Crippen LogP) is 3.43. The third kappa shape index (κ3) is 5.33. The summed E-state index contributed by atoms with van der Waals surface area (Å²) >= 11 is 5.96. The van der Waals surface area contributed by atoms with Crippen molar-refractivity contribution in [3.63, 3.8) is 0 Å². The van der Waals surface area contributed by atoms with E-state index in [2.05, 4.69) is 10.6 Å². The number of nitro benzene ring substituents is 1. The van der Waals surface area contributed by atoms with Crippen LogP contribution in [0, 0.1) is 21.4 Å². The highest BCUT2D eigenvalue weighted by molar-refractivity contribution is 6.33. The topological polar surface area (TPSA) is 108 Å². The Hall–Kier alpha value is -3.37. The fourth-order valence-electron chi connectivity index (χ4n) is 2.10. The second kappa shape index (κ2) is 9.20. The number of nitrogens with zero attached hydrogens (tertiary/aromatic N) is 2. The second-order valence-corrected chi connectivity index (χ2v) is 5.63. The quantitative estimate of drug-likeness (QED) is 0.336. The van der Waals surface area contributed by atoms with E-state index in [0.717, 1.165) is 5.56 Å². The molecule has 2 rings (SSSR count). The number of nitrogens with one attached hydrogen (secondary N) is 2. The number of non-ortho nitro benzene ring substituents is 1. The molecule has 0 spiro atoms. The Morgan fingerprint density at radius 1 is 1.27 bits per heavy atom. The smallest absolute Gasteiger partial charge is 0.271 e. The van der Waals surface area contributed by atoms with Crippen LogP contribution in [0.5, 0.6) is 0 Å². The van der Waals surface area contributed by atoms with Crippen molar-refractivity contribution < 1.29 is 9.72 Å². The molecule has 0 saturated carbocycles. The lowest BCUT2D eigenvalue weighted by Crippen LogP contribution is -2.27. The van der Waals surface area contributed by atoms with Gasteiger partial charge in [0.25, 0.3) is 11.6 Å². The van der Waals surface area contributed by atoms with Crippen LogP contribution in [0.4, 0.5) is 11.4 Å². The third-order valence-corrected chi connectivity index (χ3v) is 3.77. The molecule has 0 aliphatic rings. The maximum Gasteiger partial charge on any atom is 0.271 e. The number of amides is 1. The average Bonchev–Trinajstić information content (AvgIpc) is 2.64. The zero-order valence-electron chi connectivity index (χ0n) is 13.6. The van der Waals surface area contributed by atoms with Gasteiger partial charge in [-0.15, -0.1) is 0 Å². The zero-order chi connectivity index (χ0) is 18.9. The van der Waals surface area contributed by atoms with Gasteiger partial charge in [-0.3, -0.25) is 14.9 Å². The molecule has 0 aliphatic carbocycles. The number of nitriles is 1. The molecule has 8 heteroatoms. The van der Waals surface area contributed by atoms with E-state index in [-0.39, 0.29) is 22.0 Å². The van der Waals surface area contributed by atoms with Crippen molar-refractivity contribution in [2.75, 3.05) is 11.9 Å². The van der Waals surface area contributed by atoms with Gasteiger partial charge in [-0.1, -0.05) is 41.9 Å². The summed E-state index contributed by atoms with van der Waals surface area (Å²) in [6.45, 7) is 0.374. The summed E-state index contributed by atoms with van der Waals surface area (Å²) in [4.78, 5) is 22.3. The van der Waals surface area contributed by atoms with Gasteiger partial charge in [0.1, 0.15) is 11.6 Å². The van der Waals surface area contributed by atoms with E-state index < -0.39 is 10.8 Å². The molecular weight excluding hydrogens is 356 g/mol. The summed E-state index contributed by atoms with van der Waals surface area (Å²) < 4.78 is 0. The molecule has 0 unspecified atom stereocenters. The number of rotatable bonds is 7. The SMILES string of the molecule is N#C/C(=C/Nc1cc([N+](=O)[O-])ccc1Cl)C(=O)NCCc1ccccc1. The van der Waals surface area contributed by atoms with Crippen LogP contribution in [0.15, 0.2) is 60.3 Å². The highest BCUT2D eigenvalue weighted by Gasteiger charge is 2.11. The van der Waals surface area contributed by atoms with Crippen LogP contribution >= 0.6 is 11.6 Å². The zero-order valence-corrected chi connectivity index (χ0v) is 14.4. The van der Waals surface area contributed by atoms with Gasteiger partial charge in [0.05, 0.1) is 15.6 Å². The molecule has 132 valence electrons. The lowest BCUT2D eigenvalue weighted by Gasteiger charge is -2.06. The third-order valence-electron chi connectivity index (χ3n) is 3.44. The summed E-state index contributed by atoms with van der Waals surface area (Å²) in [5.41, 5.74) is 0.972. The molecule has 0 radical (unpaired) electrons. The Bertz CT molecular complexity index is 876. The number of carbonyl (C=O) groups excluding carboxylic acids is 1. The first-order chi connectivity index (χ1) is 12.5. The van der Waals surface area contributed by atoms with Gasteiger partial charge in [0.2, 0.25) is 0 Å². The van der Waals surface area contributed by atoms with Gasteiger partial charge in [0, 0.05) is 24.9 Å². The highest BCUT2D eigenvalue weighted by Crippen LogP contribution is 2.26. The molecule has 0 saturated heterocycles. The van der Waals surface area contributed by atoms with E-state index in [1.165, 1.54) is 24.4 Å². The largest absolute Gasteiger partial charge is 0.359 e. The minimum absolute atomic E-state index is 0.156. The number of benzene rings is 2. The van der Waals surface area contributed by atoms with Crippen molar-refractivity contribution in [2.24, 2.45) is 0 Å². The Labute approximate surface area is 155 Å². The van der Waals surface area contributed by atoms with E-state index in [4.69, 9.17) is 16.9 Å². The molecule has 7 nitrogen and oxygen atoms in total. The first kappa shape index (κ1) is 19.0. The van der Waals surface area contributed by atoms with Gasteiger partial charge in [-0.25, -0.2) is 0 Å². The van der Waals surface area contributed by atoms with E-state index >= 15 is 0 Å². The standard InChI is InChI=1S/C18H15ClN4O3/c19-16-7-6-15(23(25)26)10-17(16)22-12-14(11-20)18(24)21-9-8-13-4-2-1-3-5-13/h1-7,10,12,22H,8-9H2,(H,21,24)/b14-12-. The summed E-state index contributed by atoms with van der Waals surface area (Å²) in [5.74, 6) is -0.544. The highest BCUT2D eigenvalue weighted by atomic mass is 35.5. The van der Waals surface area contributed by atoms with Crippen LogP contribution in [0.3, 0.4) is 0 Å². The molecule has 0 heterocycles. The maximum absolute atomic E-state index is 12.1. The van der Waals surface area contributed by atoms with Crippen LogP contribution in [0.1, 0.15) is 5.56 Å². The van der Waals surface area contributed by atoms with Crippen LogP contribution in [-0.4, -0.2) is 17.4 Å². The lowest BCUT2D eigenvalue weighted by molar-refractivity contribution is -0.384. The molecule has 2 N–H and O–H groups in total. The van der Waals surface area contributed by atoms with E-state index in [1.54, 1.807) is 6.07 Å². The summed E-state index contributed by atoms with van der Waals surface area (Å²) in [5, 5.41) is 25.5. The molecule has 0 bridgehead atoms. The maximum atomic E-state index is 12.1. The van der Waals surface area contributed by atoms with Crippen molar-refractivity contribution in [2.45, 2.75) is 6.42 Å². The van der Waals surface area contributed by atoms with Gasteiger partial charge < -0.3 is 10.6 Å². The van der Waals surface area contributed by atoms with Crippen molar-refractivity contribution >= 4 is 28.9 Å². The molecule has 0 fully saturated rings. The molecule has 0 aromatic heterocycles. The van der Waals surface area contributed by atoms with Crippen molar-refractivity contribution in [1.82, 2.24) is 5.32 Å². The van der Waals surface area contributed by atoms with E-state index in [1.807, 2.05) is 30.3 Å². The normalized spacial score (nSPS) is 10.7. The summed E-state index contributed by atoms with van der Waals surface area (Å²) in [6.07, 6.45) is 1.80. The Morgan fingerprint density at radius 2 is 2.00 bits per heavy atom. The van der Waals surface area contributed by atoms with E-state index in [0.29, 0.717) is 13.0 Å². The van der Waals surface area contributed by atoms with Crippen molar-refractivity contribution in [3.8, 4) is 6.07 Å². The van der Waals surface area contributed by atoms with Crippen LogP contribution < -0.4 is 10.6 Å². The molecule has 2 aromatic carbocycles. The minimum Gasteiger partial charge on any atom is -0.359 e. The van der Waals surface area contributed by atoms with Gasteiger partial charge >= 0.3 is 0 Å². The van der Waals surface area contributed by atoms with Crippen LogP contribution in [0.25, 0.3) is 0 Å². The fraction of sp³-hybridized carbons (Fsp3) is 0.111. The number of hydrogen-bond acceptors (Lipinski definition) is 5. The van der Waals surface area contributed by atoms with Gasteiger partial charge in [-0.2, -0.15) is 5.26 Å². The number of carbonyl (C=O) groups is 1. The van der Waals surface area contributed by atoms with Gasteiger partial charge in [-0.05, 0) is 18.1 Å². The molecule has 1 amide bonds. The monoisotopic (exact) mass is 370 g/mol. The predicted molar refractivity (Wildman–Crippen MR) is 98.6 cm³/mol. The Kier molecular flexibility index (Phi) is 6.71. The molecular formula is C18H15ClN4O3.